The van der Waals surface area contributed by atoms with Crippen LogP contribution in [0, 0.1) is 6.57 Å². The summed E-state index contributed by atoms with van der Waals surface area (Å²) in [6, 6.07) is 7.63. The molecule has 0 aliphatic rings. The third-order valence-electron chi connectivity index (χ3n) is 2.05. The fourth-order valence-corrected chi connectivity index (χ4v) is 1.21. The minimum atomic E-state index is -0.507. The second-order valence-electron chi connectivity index (χ2n) is 3.37. The van der Waals surface area contributed by atoms with E-state index < -0.39 is 5.54 Å². The molecule has 0 heterocycles. The number of hydrogen-bond donors (Lipinski definition) is 0. The fourth-order valence-electron chi connectivity index (χ4n) is 1.21. The molecule has 0 aliphatic carbocycles. The van der Waals surface area contributed by atoms with Crippen LogP contribution < -0.4 is 4.74 Å². The van der Waals surface area contributed by atoms with E-state index in [1.807, 2.05) is 38.1 Å². The molecule has 0 N–H and O–H groups in total. The predicted octanol–water partition coefficient (Wildman–Crippen LogP) is 2.85. The van der Waals surface area contributed by atoms with Crippen molar-refractivity contribution in [2.24, 2.45) is 0 Å². The van der Waals surface area contributed by atoms with Gasteiger partial charge in [0.15, 0.2) is 0 Å². The highest BCUT2D eigenvalue weighted by molar-refractivity contribution is 5.40. The van der Waals surface area contributed by atoms with Gasteiger partial charge in [0.1, 0.15) is 5.75 Å². The van der Waals surface area contributed by atoms with E-state index in [0.29, 0.717) is 0 Å². The summed E-state index contributed by atoms with van der Waals surface area (Å²) in [4.78, 5) is 3.57. The largest absolute Gasteiger partial charge is 0.496 e. The second kappa shape index (κ2) is 3.49. The Morgan fingerprint density at radius 2 is 1.92 bits per heavy atom. The highest BCUT2D eigenvalue weighted by Gasteiger charge is 2.29. The van der Waals surface area contributed by atoms with Crippen LogP contribution in [0.1, 0.15) is 19.4 Å². The molecule has 0 aromatic heterocycles. The Hall–Kier alpha value is -1.49. The zero-order valence-corrected chi connectivity index (χ0v) is 8.16. The van der Waals surface area contributed by atoms with Crippen LogP contribution in [0.2, 0.25) is 0 Å². The van der Waals surface area contributed by atoms with Gasteiger partial charge in [0.2, 0.25) is 0 Å². The van der Waals surface area contributed by atoms with E-state index in [4.69, 9.17) is 11.3 Å². The summed E-state index contributed by atoms with van der Waals surface area (Å²) in [6.07, 6.45) is 0. The van der Waals surface area contributed by atoms with E-state index in [1.54, 1.807) is 7.11 Å². The lowest BCUT2D eigenvalue weighted by Gasteiger charge is -2.14. The van der Waals surface area contributed by atoms with Gasteiger partial charge in [-0.2, -0.15) is 0 Å². The standard InChI is InChI=1S/C11H13NO/c1-11(2,12-3)9-7-5-6-8-10(9)13-4/h5-8H,1-2,4H3. The molecule has 0 saturated carbocycles. The van der Waals surface area contributed by atoms with Crippen molar-refractivity contribution in [3.05, 3.63) is 41.2 Å². The molecule has 0 spiro atoms. The van der Waals surface area contributed by atoms with Gasteiger partial charge in [-0.15, -0.1) is 0 Å². The van der Waals surface area contributed by atoms with E-state index in [-0.39, 0.29) is 0 Å². The summed E-state index contributed by atoms with van der Waals surface area (Å²) in [5.41, 5.74) is 0.430. The number of hydrogen-bond acceptors (Lipinski definition) is 1. The van der Waals surface area contributed by atoms with Crippen molar-refractivity contribution in [1.29, 1.82) is 0 Å². The highest BCUT2D eigenvalue weighted by Crippen LogP contribution is 2.32. The molecular weight excluding hydrogens is 162 g/mol. The average Bonchev–Trinajstić information content (AvgIpc) is 2.18. The lowest BCUT2D eigenvalue weighted by atomic mass is 9.94. The third-order valence-corrected chi connectivity index (χ3v) is 2.05. The van der Waals surface area contributed by atoms with Gasteiger partial charge in [-0.25, -0.2) is 6.57 Å². The van der Waals surface area contributed by atoms with Gasteiger partial charge in [0.05, 0.1) is 12.7 Å². The minimum Gasteiger partial charge on any atom is -0.496 e. The van der Waals surface area contributed by atoms with Gasteiger partial charge in [0.25, 0.3) is 5.54 Å². The maximum absolute atomic E-state index is 7.08. The Labute approximate surface area is 79.0 Å². The summed E-state index contributed by atoms with van der Waals surface area (Å²) in [6.45, 7) is 10.9. The predicted molar refractivity (Wildman–Crippen MR) is 52.6 cm³/mol. The topological polar surface area (TPSA) is 13.6 Å². The van der Waals surface area contributed by atoms with E-state index >= 15 is 0 Å². The SMILES string of the molecule is [C-]#[N+]C(C)(C)c1ccccc1OC. The van der Waals surface area contributed by atoms with Crippen LogP contribution in [0.15, 0.2) is 24.3 Å². The molecule has 1 aromatic rings. The number of para-hydroxylation sites is 1. The van der Waals surface area contributed by atoms with E-state index in [1.165, 1.54) is 0 Å². The molecule has 13 heavy (non-hydrogen) atoms. The Kier molecular flexibility index (Phi) is 2.57. The first-order valence-electron chi connectivity index (χ1n) is 4.14. The van der Waals surface area contributed by atoms with E-state index in [0.717, 1.165) is 11.3 Å². The second-order valence-corrected chi connectivity index (χ2v) is 3.37. The van der Waals surface area contributed by atoms with Crippen LogP contribution in [0.25, 0.3) is 4.85 Å². The Morgan fingerprint density at radius 3 is 2.46 bits per heavy atom. The van der Waals surface area contributed by atoms with Gasteiger partial charge in [-0.05, 0) is 12.1 Å². The Bertz CT molecular complexity index is 336. The average molecular weight is 175 g/mol. The van der Waals surface area contributed by atoms with Crippen molar-refractivity contribution in [2.45, 2.75) is 19.4 Å². The molecule has 0 unspecified atom stereocenters. The third kappa shape index (κ3) is 1.81. The van der Waals surface area contributed by atoms with Crippen molar-refractivity contribution in [1.82, 2.24) is 0 Å². The summed E-state index contributed by atoms with van der Waals surface area (Å²) >= 11 is 0. The molecule has 1 rings (SSSR count). The zero-order chi connectivity index (χ0) is 9.90. The number of rotatable bonds is 2. The summed E-state index contributed by atoms with van der Waals surface area (Å²) < 4.78 is 5.19. The summed E-state index contributed by atoms with van der Waals surface area (Å²) in [7, 11) is 1.62. The van der Waals surface area contributed by atoms with Gasteiger partial charge in [-0.3, -0.25) is 0 Å². The first-order chi connectivity index (χ1) is 6.11. The quantitative estimate of drug-likeness (QED) is 0.630. The minimum absolute atomic E-state index is 0.507. The molecule has 0 bridgehead atoms. The lowest BCUT2D eigenvalue weighted by molar-refractivity contribution is 0.402. The summed E-state index contributed by atoms with van der Waals surface area (Å²) in [5, 5.41) is 0. The van der Waals surface area contributed by atoms with Crippen molar-refractivity contribution in [2.75, 3.05) is 7.11 Å². The van der Waals surface area contributed by atoms with Crippen LogP contribution >= 0.6 is 0 Å². The van der Waals surface area contributed by atoms with Gasteiger partial charge >= 0.3 is 0 Å². The molecular formula is C11H13NO. The maximum atomic E-state index is 7.08. The van der Waals surface area contributed by atoms with Gasteiger partial charge in [-0.1, -0.05) is 12.1 Å². The number of benzene rings is 1. The maximum Gasteiger partial charge on any atom is 0.255 e. The first kappa shape index (κ1) is 9.60. The van der Waals surface area contributed by atoms with Gasteiger partial charge in [0, 0.05) is 13.8 Å². The van der Waals surface area contributed by atoms with Crippen molar-refractivity contribution in [3.8, 4) is 5.75 Å². The van der Waals surface area contributed by atoms with Crippen molar-refractivity contribution >= 4 is 0 Å². The molecule has 0 saturated heterocycles. The number of nitrogens with zero attached hydrogens (tertiary/aromatic N) is 1. The highest BCUT2D eigenvalue weighted by atomic mass is 16.5. The Balaban J connectivity index is 3.22. The number of ether oxygens (including phenoxy) is 1. The molecule has 0 aliphatic heterocycles. The molecule has 0 amide bonds. The molecule has 0 radical (unpaired) electrons. The molecule has 0 fully saturated rings. The zero-order valence-electron chi connectivity index (χ0n) is 8.16. The van der Waals surface area contributed by atoms with E-state index in [2.05, 4.69) is 4.85 Å². The van der Waals surface area contributed by atoms with Crippen molar-refractivity contribution < 1.29 is 4.74 Å². The molecule has 1 aromatic carbocycles. The van der Waals surface area contributed by atoms with Crippen LogP contribution in [0.4, 0.5) is 0 Å². The monoisotopic (exact) mass is 175 g/mol. The first-order valence-corrected chi connectivity index (χ1v) is 4.14. The molecule has 0 atom stereocenters. The van der Waals surface area contributed by atoms with Crippen LogP contribution in [-0.2, 0) is 5.54 Å². The molecule has 2 heteroatoms. The smallest absolute Gasteiger partial charge is 0.255 e. The van der Waals surface area contributed by atoms with Crippen LogP contribution in [0.5, 0.6) is 5.75 Å². The summed E-state index contributed by atoms with van der Waals surface area (Å²) in [5.74, 6) is 0.781. The van der Waals surface area contributed by atoms with Crippen LogP contribution in [0.3, 0.4) is 0 Å². The van der Waals surface area contributed by atoms with Crippen molar-refractivity contribution in [3.63, 3.8) is 0 Å². The van der Waals surface area contributed by atoms with Crippen LogP contribution in [-0.4, -0.2) is 7.11 Å². The van der Waals surface area contributed by atoms with Gasteiger partial charge < -0.3 is 9.58 Å². The molecule has 2 nitrogen and oxygen atoms in total. The Morgan fingerprint density at radius 1 is 1.31 bits per heavy atom. The normalized spacial score (nSPS) is 10.6. The number of methoxy groups -OCH3 is 1. The molecule has 68 valence electrons. The fraction of sp³-hybridized carbons (Fsp3) is 0.364. The van der Waals surface area contributed by atoms with E-state index in [9.17, 15) is 0 Å². The lowest BCUT2D eigenvalue weighted by Crippen LogP contribution is -2.12.